The number of aromatic nitrogens is 2. The molecule has 21 heavy (non-hydrogen) atoms. The standard InChI is InChI=1S/C16H19N3O2/c20-16(6-9-19-8-3-7-18-19)17-11-13-10-14-4-1-2-5-15(14)21-12-13/h1-5,7-8,13H,6,9-12H2,(H,17,20)/t13-/m0/s1. The molecule has 1 amide bonds. The van der Waals surface area contributed by atoms with Crippen LogP contribution in [0.5, 0.6) is 5.75 Å². The van der Waals surface area contributed by atoms with Crippen molar-refractivity contribution in [1.29, 1.82) is 0 Å². The highest BCUT2D eigenvalue weighted by molar-refractivity contribution is 5.75. The number of amides is 1. The van der Waals surface area contributed by atoms with Gasteiger partial charge in [0.2, 0.25) is 5.91 Å². The van der Waals surface area contributed by atoms with Gasteiger partial charge in [-0.15, -0.1) is 0 Å². The molecule has 1 aliphatic heterocycles. The van der Waals surface area contributed by atoms with Gasteiger partial charge < -0.3 is 10.1 Å². The molecule has 1 atom stereocenters. The predicted octanol–water partition coefficient (Wildman–Crippen LogP) is 1.64. The number of hydrogen-bond acceptors (Lipinski definition) is 3. The second-order valence-corrected chi connectivity index (χ2v) is 5.31. The van der Waals surface area contributed by atoms with Crippen molar-refractivity contribution in [3.8, 4) is 5.75 Å². The first-order chi connectivity index (χ1) is 10.3. The molecule has 5 heteroatoms. The molecule has 0 bridgehead atoms. The van der Waals surface area contributed by atoms with E-state index in [9.17, 15) is 4.79 Å². The van der Waals surface area contributed by atoms with Crippen LogP contribution in [0.3, 0.4) is 0 Å². The Hall–Kier alpha value is -2.30. The van der Waals surface area contributed by atoms with Gasteiger partial charge in [0.05, 0.1) is 6.61 Å². The number of rotatable bonds is 5. The van der Waals surface area contributed by atoms with E-state index in [4.69, 9.17) is 4.74 Å². The minimum Gasteiger partial charge on any atom is -0.493 e. The molecule has 3 rings (SSSR count). The summed E-state index contributed by atoms with van der Waals surface area (Å²) >= 11 is 0. The van der Waals surface area contributed by atoms with E-state index in [0.29, 0.717) is 32.0 Å². The highest BCUT2D eigenvalue weighted by Crippen LogP contribution is 2.26. The van der Waals surface area contributed by atoms with Gasteiger partial charge in [-0.3, -0.25) is 9.48 Å². The van der Waals surface area contributed by atoms with Gasteiger partial charge in [0.15, 0.2) is 0 Å². The van der Waals surface area contributed by atoms with E-state index in [1.165, 1.54) is 5.56 Å². The molecule has 0 spiro atoms. The molecule has 0 fully saturated rings. The molecule has 0 saturated carbocycles. The van der Waals surface area contributed by atoms with Crippen LogP contribution in [-0.2, 0) is 17.8 Å². The molecule has 1 aromatic heterocycles. The molecule has 0 radical (unpaired) electrons. The van der Waals surface area contributed by atoms with E-state index >= 15 is 0 Å². The van der Waals surface area contributed by atoms with Gasteiger partial charge in [-0.05, 0) is 24.1 Å². The van der Waals surface area contributed by atoms with Crippen molar-refractivity contribution in [3.63, 3.8) is 0 Å². The number of carbonyl (C=O) groups excluding carboxylic acids is 1. The third-order valence-corrected chi connectivity index (χ3v) is 3.67. The van der Waals surface area contributed by atoms with Gasteiger partial charge in [0.1, 0.15) is 5.75 Å². The molecular weight excluding hydrogens is 266 g/mol. The van der Waals surface area contributed by atoms with Crippen molar-refractivity contribution in [2.24, 2.45) is 5.92 Å². The van der Waals surface area contributed by atoms with E-state index in [1.54, 1.807) is 10.9 Å². The lowest BCUT2D eigenvalue weighted by molar-refractivity contribution is -0.121. The molecule has 5 nitrogen and oxygen atoms in total. The summed E-state index contributed by atoms with van der Waals surface area (Å²) in [6, 6.07) is 9.94. The fourth-order valence-electron chi connectivity index (χ4n) is 2.52. The van der Waals surface area contributed by atoms with Crippen molar-refractivity contribution >= 4 is 5.91 Å². The third-order valence-electron chi connectivity index (χ3n) is 3.67. The summed E-state index contributed by atoms with van der Waals surface area (Å²) in [6.07, 6.45) is 4.98. The first kappa shape index (κ1) is 13.7. The van der Waals surface area contributed by atoms with Gasteiger partial charge in [-0.2, -0.15) is 5.10 Å². The minimum atomic E-state index is 0.0596. The Morgan fingerprint density at radius 3 is 3.14 bits per heavy atom. The lowest BCUT2D eigenvalue weighted by Gasteiger charge is -2.25. The Bertz CT molecular complexity index is 595. The maximum Gasteiger partial charge on any atom is 0.221 e. The van der Waals surface area contributed by atoms with Crippen LogP contribution in [-0.4, -0.2) is 28.8 Å². The van der Waals surface area contributed by atoms with Crippen LogP contribution in [0.4, 0.5) is 0 Å². The molecule has 1 aliphatic rings. The number of nitrogens with zero attached hydrogens (tertiary/aromatic N) is 2. The Balaban J connectivity index is 1.42. The molecule has 2 heterocycles. The topological polar surface area (TPSA) is 56.2 Å². The van der Waals surface area contributed by atoms with Gasteiger partial charge in [-0.25, -0.2) is 0 Å². The fraction of sp³-hybridized carbons (Fsp3) is 0.375. The van der Waals surface area contributed by atoms with Crippen LogP contribution in [0.25, 0.3) is 0 Å². The zero-order chi connectivity index (χ0) is 14.5. The minimum absolute atomic E-state index is 0.0596. The smallest absolute Gasteiger partial charge is 0.221 e. The molecule has 0 unspecified atom stereocenters. The quantitative estimate of drug-likeness (QED) is 0.908. The second kappa shape index (κ2) is 6.43. The Labute approximate surface area is 123 Å². The Morgan fingerprint density at radius 1 is 1.38 bits per heavy atom. The maximum absolute atomic E-state index is 11.8. The lowest BCUT2D eigenvalue weighted by atomic mass is 9.97. The molecule has 2 aromatic rings. The number of fused-ring (bicyclic) bond motifs is 1. The van der Waals surface area contributed by atoms with E-state index in [-0.39, 0.29) is 5.91 Å². The van der Waals surface area contributed by atoms with Crippen LogP contribution in [0.2, 0.25) is 0 Å². The average molecular weight is 285 g/mol. The van der Waals surface area contributed by atoms with E-state index in [1.807, 2.05) is 30.5 Å². The van der Waals surface area contributed by atoms with Gasteiger partial charge >= 0.3 is 0 Å². The average Bonchev–Trinajstić information content (AvgIpc) is 3.04. The van der Waals surface area contributed by atoms with Crippen molar-refractivity contribution < 1.29 is 9.53 Å². The summed E-state index contributed by atoms with van der Waals surface area (Å²) in [5, 5.41) is 7.07. The zero-order valence-corrected chi connectivity index (χ0v) is 11.9. The molecule has 0 aliphatic carbocycles. The maximum atomic E-state index is 11.8. The summed E-state index contributed by atoms with van der Waals surface area (Å²) in [5.41, 5.74) is 1.22. The summed E-state index contributed by atoms with van der Waals surface area (Å²) in [6.45, 7) is 1.94. The highest BCUT2D eigenvalue weighted by atomic mass is 16.5. The summed E-state index contributed by atoms with van der Waals surface area (Å²) in [7, 11) is 0. The Kier molecular flexibility index (Phi) is 4.19. The molecule has 1 aromatic carbocycles. The van der Waals surface area contributed by atoms with E-state index in [0.717, 1.165) is 12.2 Å². The molecular formula is C16H19N3O2. The zero-order valence-electron chi connectivity index (χ0n) is 11.9. The summed E-state index contributed by atoms with van der Waals surface area (Å²) in [5.74, 6) is 1.37. The van der Waals surface area contributed by atoms with Crippen LogP contribution in [0, 0.1) is 5.92 Å². The highest BCUT2D eigenvalue weighted by Gasteiger charge is 2.19. The van der Waals surface area contributed by atoms with Gasteiger partial charge in [-0.1, -0.05) is 18.2 Å². The molecule has 1 N–H and O–H groups in total. The largest absolute Gasteiger partial charge is 0.493 e. The number of benzene rings is 1. The number of ether oxygens (including phenoxy) is 1. The first-order valence-corrected chi connectivity index (χ1v) is 7.26. The normalized spacial score (nSPS) is 16.9. The number of carbonyl (C=O) groups is 1. The number of nitrogens with one attached hydrogen (secondary N) is 1. The van der Waals surface area contributed by atoms with E-state index < -0.39 is 0 Å². The summed E-state index contributed by atoms with van der Waals surface area (Å²) < 4.78 is 7.49. The number of hydrogen-bond donors (Lipinski definition) is 1. The first-order valence-electron chi connectivity index (χ1n) is 7.26. The fourth-order valence-corrected chi connectivity index (χ4v) is 2.52. The monoisotopic (exact) mass is 285 g/mol. The van der Waals surface area contributed by atoms with Crippen molar-refractivity contribution in [1.82, 2.24) is 15.1 Å². The van der Waals surface area contributed by atoms with Crippen LogP contribution < -0.4 is 10.1 Å². The lowest BCUT2D eigenvalue weighted by Crippen LogP contribution is -2.35. The van der Waals surface area contributed by atoms with Gasteiger partial charge in [0.25, 0.3) is 0 Å². The number of para-hydroxylation sites is 1. The van der Waals surface area contributed by atoms with Crippen molar-refractivity contribution in [3.05, 3.63) is 48.3 Å². The second-order valence-electron chi connectivity index (χ2n) is 5.31. The van der Waals surface area contributed by atoms with E-state index in [2.05, 4.69) is 16.5 Å². The van der Waals surface area contributed by atoms with Gasteiger partial charge in [0, 0.05) is 37.8 Å². The van der Waals surface area contributed by atoms with Crippen LogP contribution in [0.1, 0.15) is 12.0 Å². The predicted molar refractivity (Wildman–Crippen MR) is 79.0 cm³/mol. The van der Waals surface area contributed by atoms with Crippen LogP contribution in [0.15, 0.2) is 42.7 Å². The third kappa shape index (κ3) is 3.62. The summed E-state index contributed by atoms with van der Waals surface area (Å²) in [4.78, 5) is 11.8. The van der Waals surface area contributed by atoms with Crippen molar-refractivity contribution in [2.75, 3.05) is 13.2 Å². The molecule has 110 valence electrons. The van der Waals surface area contributed by atoms with Crippen molar-refractivity contribution in [2.45, 2.75) is 19.4 Å². The number of aryl methyl sites for hydroxylation is 1. The molecule has 0 saturated heterocycles. The SMILES string of the molecule is O=C(CCn1cccn1)NC[C@H]1COc2ccccc2C1. The Morgan fingerprint density at radius 2 is 2.29 bits per heavy atom. The van der Waals surface area contributed by atoms with Crippen LogP contribution >= 0.6 is 0 Å².